The lowest BCUT2D eigenvalue weighted by Gasteiger charge is -2.20. The number of thioether (sulfide) groups is 1. The van der Waals surface area contributed by atoms with Gasteiger partial charge in [0.1, 0.15) is 0 Å². The second-order valence-corrected chi connectivity index (χ2v) is 9.52. The molecule has 1 aromatic rings. The van der Waals surface area contributed by atoms with Gasteiger partial charge in [0.2, 0.25) is 5.16 Å². The molecule has 0 aliphatic carbocycles. The predicted octanol–water partition coefficient (Wildman–Crippen LogP) is -0.689. The molecular formula is C11H21N5O3S2. The SMILES string of the molecule is CC(C)(C)NCCn1nnnc1SC1CS(=O)(=O)CC1O. The van der Waals surface area contributed by atoms with Crippen LogP contribution in [0.1, 0.15) is 20.8 Å². The molecule has 1 aliphatic rings. The summed E-state index contributed by atoms with van der Waals surface area (Å²) in [4.78, 5) is 0. The van der Waals surface area contributed by atoms with Crippen molar-refractivity contribution in [2.75, 3.05) is 18.1 Å². The number of nitrogens with zero attached hydrogens (tertiary/aromatic N) is 4. The van der Waals surface area contributed by atoms with Crippen LogP contribution >= 0.6 is 11.8 Å². The van der Waals surface area contributed by atoms with Crippen LogP contribution in [0.2, 0.25) is 0 Å². The van der Waals surface area contributed by atoms with Crippen LogP contribution in [0.25, 0.3) is 0 Å². The minimum atomic E-state index is -3.16. The minimum Gasteiger partial charge on any atom is -0.391 e. The van der Waals surface area contributed by atoms with Gasteiger partial charge in [0.15, 0.2) is 9.84 Å². The third-order valence-corrected chi connectivity index (χ3v) is 6.22. The van der Waals surface area contributed by atoms with E-state index in [1.807, 2.05) is 0 Å². The zero-order valence-corrected chi connectivity index (χ0v) is 14.0. The molecule has 0 bridgehead atoms. The Kier molecular flexibility index (Phi) is 4.91. The van der Waals surface area contributed by atoms with Crippen molar-refractivity contribution in [3.63, 3.8) is 0 Å². The lowest BCUT2D eigenvalue weighted by Crippen LogP contribution is -2.38. The zero-order valence-electron chi connectivity index (χ0n) is 12.4. The summed E-state index contributed by atoms with van der Waals surface area (Å²) >= 11 is 1.22. The van der Waals surface area contributed by atoms with Crippen molar-refractivity contribution in [2.45, 2.75) is 49.4 Å². The average molecular weight is 335 g/mol. The molecule has 1 aliphatic heterocycles. The number of sulfone groups is 1. The van der Waals surface area contributed by atoms with Gasteiger partial charge in [0.05, 0.1) is 29.4 Å². The van der Waals surface area contributed by atoms with E-state index < -0.39 is 21.2 Å². The number of aromatic nitrogens is 4. The van der Waals surface area contributed by atoms with E-state index in [0.29, 0.717) is 18.2 Å². The van der Waals surface area contributed by atoms with Gasteiger partial charge in [-0.1, -0.05) is 11.8 Å². The van der Waals surface area contributed by atoms with Gasteiger partial charge in [-0.3, -0.25) is 0 Å². The molecule has 0 radical (unpaired) electrons. The van der Waals surface area contributed by atoms with Crippen molar-refractivity contribution in [1.82, 2.24) is 25.5 Å². The van der Waals surface area contributed by atoms with Gasteiger partial charge in [-0.25, -0.2) is 13.1 Å². The van der Waals surface area contributed by atoms with Crippen molar-refractivity contribution >= 4 is 21.6 Å². The summed E-state index contributed by atoms with van der Waals surface area (Å²) in [6.45, 7) is 7.50. The standard InChI is InChI=1S/C11H21N5O3S2/c1-11(2,3)12-4-5-16-10(13-14-15-16)20-9-7-21(18,19)6-8(9)17/h8-9,12,17H,4-7H2,1-3H3. The van der Waals surface area contributed by atoms with Crippen molar-refractivity contribution in [3.8, 4) is 0 Å². The number of nitrogens with one attached hydrogen (secondary N) is 1. The first kappa shape index (κ1) is 16.7. The van der Waals surface area contributed by atoms with Gasteiger partial charge < -0.3 is 10.4 Å². The smallest absolute Gasteiger partial charge is 0.209 e. The summed E-state index contributed by atoms with van der Waals surface area (Å²) in [5.74, 6) is -0.219. The molecule has 0 saturated carbocycles. The largest absolute Gasteiger partial charge is 0.391 e. The number of tetrazole rings is 1. The third kappa shape index (κ3) is 4.90. The van der Waals surface area contributed by atoms with Crippen LogP contribution < -0.4 is 5.32 Å². The maximum atomic E-state index is 11.5. The Hall–Kier alpha value is -0.710. The Labute approximate surface area is 128 Å². The highest BCUT2D eigenvalue weighted by atomic mass is 32.2. The molecule has 120 valence electrons. The lowest BCUT2D eigenvalue weighted by atomic mass is 10.1. The normalized spacial score (nSPS) is 25.3. The highest BCUT2D eigenvalue weighted by Gasteiger charge is 2.38. The molecule has 2 heterocycles. The summed E-state index contributed by atoms with van der Waals surface area (Å²) in [5.41, 5.74) is 0.0110. The molecule has 8 nitrogen and oxygen atoms in total. The van der Waals surface area contributed by atoms with Crippen LogP contribution in [0.5, 0.6) is 0 Å². The van der Waals surface area contributed by atoms with Crippen LogP contribution in [-0.2, 0) is 16.4 Å². The summed E-state index contributed by atoms with van der Waals surface area (Å²) in [7, 11) is -3.16. The first-order valence-corrected chi connectivity index (χ1v) is 9.43. The summed E-state index contributed by atoms with van der Waals surface area (Å²) < 4.78 is 24.6. The van der Waals surface area contributed by atoms with Gasteiger partial charge >= 0.3 is 0 Å². The maximum absolute atomic E-state index is 11.5. The van der Waals surface area contributed by atoms with Gasteiger partial charge in [-0.2, -0.15) is 0 Å². The predicted molar refractivity (Wildman–Crippen MR) is 79.9 cm³/mol. The molecule has 0 aromatic carbocycles. The van der Waals surface area contributed by atoms with Crippen molar-refractivity contribution in [3.05, 3.63) is 0 Å². The van der Waals surface area contributed by atoms with Gasteiger partial charge in [0.25, 0.3) is 0 Å². The molecule has 2 rings (SSSR count). The van der Waals surface area contributed by atoms with E-state index in [0.717, 1.165) is 0 Å². The second kappa shape index (κ2) is 6.19. The molecule has 2 atom stereocenters. The van der Waals surface area contributed by atoms with E-state index >= 15 is 0 Å². The molecule has 10 heteroatoms. The highest BCUT2D eigenvalue weighted by molar-refractivity contribution is 8.01. The van der Waals surface area contributed by atoms with Gasteiger partial charge in [-0.15, -0.1) is 5.10 Å². The maximum Gasteiger partial charge on any atom is 0.209 e. The Balaban J connectivity index is 1.95. The first-order chi connectivity index (χ1) is 9.66. The topological polar surface area (TPSA) is 110 Å². The van der Waals surface area contributed by atoms with E-state index in [-0.39, 0.29) is 17.0 Å². The Morgan fingerprint density at radius 1 is 1.43 bits per heavy atom. The minimum absolute atomic E-state index is 0.0110. The Morgan fingerprint density at radius 2 is 2.14 bits per heavy atom. The van der Waals surface area contributed by atoms with E-state index in [1.54, 1.807) is 4.68 Å². The van der Waals surface area contributed by atoms with Crippen LogP contribution in [0.4, 0.5) is 0 Å². The number of aliphatic hydroxyl groups is 1. The van der Waals surface area contributed by atoms with Crippen LogP contribution in [-0.4, -0.2) is 68.7 Å². The zero-order chi connectivity index (χ0) is 15.7. The fourth-order valence-corrected chi connectivity index (χ4v) is 5.49. The molecular weight excluding hydrogens is 314 g/mol. The van der Waals surface area contributed by atoms with Crippen LogP contribution in [0, 0.1) is 0 Å². The van der Waals surface area contributed by atoms with E-state index in [4.69, 9.17) is 0 Å². The summed E-state index contributed by atoms with van der Waals surface area (Å²) in [5, 5.41) is 24.7. The number of hydrogen-bond donors (Lipinski definition) is 2. The number of aliphatic hydroxyl groups excluding tert-OH is 1. The lowest BCUT2D eigenvalue weighted by molar-refractivity contribution is 0.207. The summed E-state index contributed by atoms with van der Waals surface area (Å²) in [6.07, 6.45) is -0.863. The van der Waals surface area contributed by atoms with Crippen LogP contribution in [0.15, 0.2) is 5.16 Å². The quantitative estimate of drug-likeness (QED) is 0.728. The number of hydrogen-bond acceptors (Lipinski definition) is 8. The molecule has 0 spiro atoms. The van der Waals surface area contributed by atoms with E-state index in [1.165, 1.54) is 11.8 Å². The first-order valence-electron chi connectivity index (χ1n) is 6.73. The molecule has 2 N–H and O–H groups in total. The average Bonchev–Trinajstić information content (AvgIpc) is 2.83. The fraction of sp³-hybridized carbons (Fsp3) is 0.909. The van der Waals surface area contributed by atoms with Gasteiger partial charge in [-0.05, 0) is 31.2 Å². The summed E-state index contributed by atoms with van der Waals surface area (Å²) in [6, 6.07) is 0. The second-order valence-electron chi connectivity index (χ2n) is 6.16. The Bertz CT molecular complexity index is 581. The fourth-order valence-electron chi connectivity index (χ4n) is 2.00. The van der Waals surface area contributed by atoms with Crippen molar-refractivity contribution < 1.29 is 13.5 Å². The highest BCUT2D eigenvalue weighted by Crippen LogP contribution is 2.29. The molecule has 1 aromatic heterocycles. The number of rotatable bonds is 5. The van der Waals surface area contributed by atoms with E-state index in [9.17, 15) is 13.5 Å². The molecule has 0 amide bonds. The van der Waals surface area contributed by atoms with E-state index in [2.05, 4.69) is 41.6 Å². The van der Waals surface area contributed by atoms with Crippen LogP contribution in [0.3, 0.4) is 0 Å². The monoisotopic (exact) mass is 335 g/mol. The molecule has 1 saturated heterocycles. The third-order valence-electron chi connectivity index (χ3n) is 3.01. The molecule has 1 fully saturated rings. The van der Waals surface area contributed by atoms with Crippen molar-refractivity contribution in [1.29, 1.82) is 0 Å². The Morgan fingerprint density at radius 3 is 2.71 bits per heavy atom. The molecule has 21 heavy (non-hydrogen) atoms. The molecule has 2 unspecified atom stereocenters. The van der Waals surface area contributed by atoms with Crippen molar-refractivity contribution in [2.24, 2.45) is 0 Å². The van der Waals surface area contributed by atoms with Gasteiger partial charge in [0, 0.05) is 12.1 Å².